The Labute approximate surface area is 95.4 Å². The largest absolute Gasteiger partial charge is 0.311 e. The third kappa shape index (κ3) is 5.53. The average molecular weight is 212 g/mol. The van der Waals surface area contributed by atoms with Gasteiger partial charge in [0.25, 0.3) is 0 Å². The Bertz CT molecular complexity index is 172. The molecule has 15 heavy (non-hydrogen) atoms. The Morgan fingerprint density at radius 2 is 2.07 bits per heavy atom. The Morgan fingerprint density at radius 3 is 2.67 bits per heavy atom. The van der Waals surface area contributed by atoms with Crippen LogP contribution in [-0.2, 0) is 0 Å². The van der Waals surface area contributed by atoms with Crippen LogP contribution in [-0.4, -0.2) is 37.1 Å². The summed E-state index contributed by atoms with van der Waals surface area (Å²) in [6.45, 7) is 14.2. The molecule has 0 aromatic carbocycles. The molecule has 1 fully saturated rings. The molecule has 0 aromatic heterocycles. The minimum absolute atomic E-state index is 0.450. The zero-order chi connectivity index (χ0) is 11.3. The van der Waals surface area contributed by atoms with Crippen molar-refractivity contribution in [1.29, 1.82) is 0 Å². The lowest BCUT2D eigenvalue weighted by atomic mass is 9.87. The number of unbranched alkanes of at least 4 members (excludes halogenated alkanes) is 1. The van der Waals surface area contributed by atoms with Crippen molar-refractivity contribution in [2.45, 2.75) is 53.0 Å². The predicted octanol–water partition coefficient (Wildman–Crippen LogP) is 2.50. The van der Waals surface area contributed by atoms with E-state index in [-0.39, 0.29) is 0 Å². The summed E-state index contributed by atoms with van der Waals surface area (Å²) in [5.41, 5.74) is 0.450. The molecular formula is C13H28N2. The average Bonchev–Trinajstić information content (AvgIpc) is 2.12. The summed E-state index contributed by atoms with van der Waals surface area (Å²) in [6.07, 6.45) is 3.95. The zero-order valence-electron chi connectivity index (χ0n) is 11.0. The van der Waals surface area contributed by atoms with E-state index in [0.717, 1.165) is 0 Å². The van der Waals surface area contributed by atoms with Gasteiger partial charge in [0.1, 0.15) is 0 Å². The van der Waals surface area contributed by atoms with Gasteiger partial charge in [-0.25, -0.2) is 0 Å². The lowest BCUT2D eigenvalue weighted by molar-refractivity contribution is 0.167. The molecule has 2 heteroatoms. The predicted molar refractivity (Wildman–Crippen MR) is 67.2 cm³/mol. The molecule has 0 spiro atoms. The van der Waals surface area contributed by atoms with Crippen LogP contribution in [0.25, 0.3) is 0 Å². The van der Waals surface area contributed by atoms with Crippen LogP contribution in [0.5, 0.6) is 0 Å². The summed E-state index contributed by atoms with van der Waals surface area (Å²) in [6, 6.07) is 0.704. The molecule has 1 N–H and O–H groups in total. The van der Waals surface area contributed by atoms with E-state index in [1.807, 2.05) is 0 Å². The SMILES string of the molecule is CCCCN1CCNC(CC(C)(C)C)C1. The molecular weight excluding hydrogens is 184 g/mol. The van der Waals surface area contributed by atoms with Crippen LogP contribution < -0.4 is 5.32 Å². The molecule has 1 rings (SSSR count). The highest BCUT2D eigenvalue weighted by atomic mass is 15.2. The number of hydrogen-bond acceptors (Lipinski definition) is 2. The van der Waals surface area contributed by atoms with E-state index in [1.54, 1.807) is 0 Å². The number of nitrogens with zero attached hydrogens (tertiary/aromatic N) is 1. The van der Waals surface area contributed by atoms with Crippen molar-refractivity contribution >= 4 is 0 Å². The molecule has 0 aliphatic carbocycles. The van der Waals surface area contributed by atoms with E-state index < -0.39 is 0 Å². The Balaban J connectivity index is 2.29. The quantitative estimate of drug-likeness (QED) is 0.770. The third-order valence-electron chi connectivity index (χ3n) is 3.03. The normalized spacial score (nSPS) is 24.4. The Morgan fingerprint density at radius 1 is 1.33 bits per heavy atom. The first-order valence-corrected chi connectivity index (χ1v) is 6.47. The second-order valence-corrected chi connectivity index (χ2v) is 6.07. The van der Waals surface area contributed by atoms with Gasteiger partial charge in [-0.2, -0.15) is 0 Å². The molecule has 90 valence electrons. The van der Waals surface area contributed by atoms with Crippen LogP contribution in [0.15, 0.2) is 0 Å². The lowest BCUT2D eigenvalue weighted by Crippen LogP contribution is -2.51. The minimum atomic E-state index is 0.450. The highest BCUT2D eigenvalue weighted by Gasteiger charge is 2.23. The van der Waals surface area contributed by atoms with E-state index in [1.165, 1.54) is 45.4 Å². The van der Waals surface area contributed by atoms with Crippen molar-refractivity contribution in [3.8, 4) is 0 Å². The van der Waals surface area contributed by atoms with Gasteiger partial charge < -0.3 is 10.2 Å². The standard InChI is InChI=1S/C13H28N2/c1-5-6-8-15-9-7-14-12(11-15)10-13(2,3)4/h12,14H,5-11H2,1-4H3. The molecule has 0 aromatic rings. The molecule has 1 heterocycles. The van der Waals surface area contributed by atoms with Gasteiger partial charge >= 0.3 is 0 Å². The molecule has 1 aliphatic heterocycles. The highest BCUT2D eigenvalue weighted by Crippen LogP contribution is 2.22. The molecule has 1 aliphatic rings. The topological polar surface area (TPSA) is 15.3 Å². The van der Waals surface area contributed by atoms with Gasteiger partial charge in [-0.1, -0.05) is 34.1 Å². The summed E-state index contributed by atoms with van der Waals surface area (Å²) < 4.78 is 0. The van der Waals surface area contributed by atoms with E-state index in [2.05, 4.69) is 37.9 Å². The van der Waals surface area contributed by atoms with Gasteiger partial charge in [-0.05, 0) is 24.8 Å². The van der Waals surface area contributed by atoms with Crippen molar-refractivity contribution < 1.29 is 0 Å². The van der Waals surface area contributed by atoms with Crippen LogP contribution in [0.2, 0.25) is 0 Å². The molecule has 2 nitrogen and oxygen atoms in total. The monoisotopic (exact) mass is 212 g/mol. The lowest BCUT2D eigenvalue weighted by Gasteiger charge is -2.36. The van der Waals surface area contributed by atoms with Gasteiger partial charge in [0.15, 0.2) is 0 Å². The summed E-state index contributed by atoms with van der Waals surface area (Å²) in [7, 11) is 0. The van der Waals surface area contributed by atoms with E-state index in [0.29, 0.717) is 11.5 Å². The second kappa shape index (κ2) is 5.86. The van der Waals surface area contributed by atoms with Crippen LogP contribution in [0.1, 0.15) is 47.0 Å². The van der Waals surface area contributed by atoms with Gasteiger partial charge in [-0.3, -0.25) is 0 Å². The summed E-state index contributed by atoms with van der Waals surface area (Å²) in [4.78, 5) is 2.62. The second-order valence-electron chi connectivity index (χ2n) is 6.07. The van der Waals surface area contributed by atoms with Gasteiger partial charge in [-0.15, -0.1) is 0 Å². The molecule has 0 saturated carbocycles. The molecule has 0 amide bonds. The molecule has 1 unspecified atom stereocenters. The van der Waals surface area contributed by atoms with Crippen LogP contribution in [0, 0.1) is 5.41 Å². The number of piperazine rings is 1. The summed E-state index contributed by atoms with van der Waals surface area (Å²) >= 11 is 0. The third-order valence-corrected chi connectivity index (χ3v) is 3.03. The number of nitrogens with one attached hydrogen (secondary N) is 1. The van der Waals surface area contributed by atoms with Crippen LogP contribution in [0.3, 0.4) is 0 Å². The summed E-state index contributed by atoms with van der Waals surface area (Å²) in [5, 5.41) is 3.64. The highest BCUT2D eigenvalue weighted by molar-refractivity contribution is 4.82. The maximum atomic E-state index is 3.64. The van der Waals surface area contributed by atoms with Crippen LogP contribution >= 0.6 is 0 Å². The van der Waals surface area contributed by atoms with Crippen molar-refractivity contribution in [1.82, 2.24) is 10.2 Å². The fourth-order valence-electron chi connectivity index (χ4n) is 2.36. The number of hydrogen-bond donors (Lipinski definition) is 1. The fourth-order valence-corrected chi connectivity index (χ4v) is 2.36. The van der Waals surface area contributed by atoms with Crippen molar-refractivity contribution in [2.75, 3.05) is 26.2 Å². The molecule has 1 atom stereocenters. The fraction of sp³-hybridized carbons (Fsp3) is 1.00. The van der Waals surface area contributed by atoms with Gasteiger partial charge in [0, 0.05) is 25.7 Å². The smallest absolute Gasteiger partial charge is 0.0200 e. The maximum Gasteiger partial charge on any atom is 0.0200 e. The van der Waals surface area contributed by atoms with Gasteiger partial charge in [0.2, 0.25) is 0 Å². The first kappa shape index (κ1) is 13.0. The molecule has 0 bridgehead atoms. The maximum absolute atomic E-state index is 3.64. The summed E-state index contributed by atoms with van der Waals surface area (Å²) in [5.74, 6) is 0. The van der Waals surface area contributed by atoms with Crippen molar-refractivity contribution in [2.24, 2.45) is 5.41 Å². The van der Waals surface area contributed by atoms with E-state index in [4.69, 9.17) is 0 Å². The first-order chi connectivity index (χ1) is 7.01. The first-order valence-electron chi connectivity index (χ1n) is 6.47. The minimum Gasteiger partial charge on any atom is -0.311 e. The van der Waals surface area contributed by atoms with E-state index >= 15 is 0 Å². The van der Waals surface area contributed by atoms with Crippen LogP contribution in [0.4, 0.5) is 0 Å². The van der Waals surface area contributed by atoms with Crippen molar-refractivity contribution in [3.05, 3.63) is 0 Å². The Hall–Kier alpha value is -0.0800. The molecule has 0 radical (unpaired) electrons. The van der Waals surface area contributed by atoms with Gasteiger partial charge in [0.05, 0.1) is 0 Å². The van der Waals surface area contributed by atoms with Crippen molar-refractivity contribution in [3.63, 3.8) is 0 Å². The Kier molecular flexibility index (Phi) is 5.07. The number of rotatable bonds is 4. The van der Waals surface area contributed by atoms with E-state index in [9.17, 15) is 0 Å². The zero-order valence-corrected chi connectivity index (χ0v) is 11.0. The molecule has 1 saturated heterocycles.